The molecule has 1 unspecified atom stereocenters. The Hall–Kier alpha value is -2.17. The van der Waals surface area contributed by atoms with Gasteiger partial charge in [-0.25, -0.2) is 0 Å². The van der Waals surface area contributed by atoms with Crippen LogP contribution in [0.5, 0.6) is 0 Å². The Morgan fingerprint density at radius 3 is 2.83 bits per heavy atom. The molecule has 122 valence electrons. The number of aromatic nitrogens is 1. The summed E-state index contributed by atoms with van der Waals surface area (Å²) in [6, 6.07) is 9.83. The standard InChI is InChI=1S/C18H16Cl2N4/c1-12-9-17(13-4-5-15(19)16(20)10-13)24-18(22-12)6-8-23(24)14-3-2-7-21-11-14/h2-7,9-11,17,22H,8H2,1H3. The number of halogens is 2. The predicted octanol–water partition coefficient (Wildman–Crippen LogP) is 4.52. The molecule has 6 heteroatoms. The molecule has 0 saturated carbocycles. The molecule has 3 heterocycles. The Kier molecular flexibility index (Phi) is 3.87. The highest BCUT2D eigenvalue weighted by Crippen LogP contribution is 2.38. The van der Waals surface area contributed by atoms with E-state index < -0.39 is 0 Å². The summed E-state index contributed by atoms with van der Waals surface area (Å²) in [6.45, 7) is 2.85. The molecule has 4 nitrogen and oxygen atoms in total. The summed E-state index contributed by atoms with van der Waals surface area (Å²) in [4.78, 5) is 4.24. The van der Waals surface area contributed by atoms with Gasteiger partial charge in [0.15, 0.2) is 0 Å². The van der Waals surface area contributed by atoms with Crippen LogP contribution in [0.25, 0.3) is 0 Å². The minimum absolute atomic E-state index is 0.0370. The van der Waals surface area contributed by atoms with Crippen molar-refractivity contribution in [3.63, 3.8) is 0 Å². The van der Waals surface area contributed by atoms with Gasteiger partial charge in [-0.15, -0.1) is 0 Å². The molecule has 1 aromatic heterocycles. The second-order valence-electron chi connectivity index (χ2n) is 5.82. The fourth-order valence-electron chi connectivity index (χ4n) is 3.11. The molecule has 0 amide bonds. The van der Waals surface area contributed by atoms with Gasteiger partial charge in [0.25, 0.3) is 0 Å². The maximum atomic E-state index is 6.24. The summed E-state index contributed by atoms with van der Waals surface area (Å²) >= 11 is 12.3. The zero-order valence-electron chi connectivity index (χ0n) is 13.1. The van der Waals surface area contributed by atoms with Crippen LogP contribution in [-0.4, -0.2) is 16.5 Å². The van der Waals surface area contributed by atoms with Crippen LogP contribution < -0.4 is 10.3 Å². The monoisotopic (exact) mass is 358 g/mol. The minimum atomic E-state index is 0.0370. The fraction of sp³-hybridized carbons (Fsp3) is 0.167. The van der Waals surface area contributed by atoms with E-state index in [-0.39, 0.29) is 6.04 Å². The van der Waals surface area contributed by atoms with E-state index >= 15 is 0 Å². The predicted molar refractivity (Wildman–Crippen MR) is 97.6 cm³/mol. The molecule has 2 aliphatic heterocycles. The maximum Gasteiger partial charge on any atom is 0.123 e. The topological polar surface area (TPSA) is 31.4 Å². The molecule has 0 fully saturated rings. The van der Waals surface area contributed by atoms with E-state index in [4.69, 9.17) is 23.2 Å². The molecule has 2 aromatic rings. The molecule has 1 aromatic carbocycles. The smallest absolute Gasteiger partial charge is 0.123 e. The Bertz CT molecular complexity index is 832. The number of nitrogens with one attached hydrogen (secondary N) is 1. The molecule has 24 heavy (non-hydrogen) atoms. The quantitative estimate of drug-likeness (QED) is 0.855. The number of nitrogens with zero attached hydrogens (tertiary/aromatic N) is 3. The number of allylic oxidation sites excluding steroid dienone is 1. The normalized spacial score (nSPS) is 19.5. The van der Waals surface area contributed by atoms with Crippen molar-refractivity contribution in [1.82, 2.24) is 15.3 Å². The third-order valence-corrected chi connectivity index (χ3v) is 4.93. The van der Waals surface area contributed by atoms with E-state index in [1.54, 1.807) is 6.20 Å². The zero-order valence-corrected chi connectivity index (χ0v) is 14.6. The Morgan fingerprint density at radius 1 is 1.21 bits per heavy atom. The van der Waals surface area contributed by atoms with Gasteiger partial charge < -0.3 is 5.32 Å². The SMILES string of the molecule is CC1=CC(c2ccc(Cl)c(Cl)c2)N2C(=CCN2c2cccnc2)N1. The van der Waals surface area contributed by atoms with Crippen LogP contribution in [0.15, 0.2) is 66.4 Å². The molecule has 0 bridgehead atoms. The van der Waals surface area contributed by atoms with Gasteiger partial charge in [-0.3, -0.25) is 15.0 Å². The number of hydrogen-bond acceptors (Lipinski definition) is 4. The highest BCUT2D eigenvalue weighted by Gasteiger charge is 2.34. The van der Waals surface area contributed by atoms with Gasteiger partial charge in [-0.05, 0) is 48.9 Å². The van der Waals surface area contributed by atoms with E-state index in [0.29, 0.717) is 10.0 Å². The summed E-state index contributed by atoms with van der Waals surface area (Å²) in [6.07, 6.45) is 8.01. The average Bonchev–Trinajstić information content (AvgIpc) is 3.01. The average molecular weight is 359 g/mol. The van der Waals surface area contributed by atoms with Crippen molar-refractivity contribution in [1.29, 1.82) is 0 Å². The highest BCUT2D eigenvalue weighted by molar-refractivity contribution is 6.42. The summed E-state index contributed by atoms with van der Waals surface area (Å²) in [5.41, 5.74) is 3.25. The molecular formula is C18H16Cl2N4. The van der Waals surface area contributed by atoms with Crippen molar-refractivity contribution >= 4 is 28.9 Å². The molecule has 4 rings (SSSR count). The van der Waals surface area contributed by atoms with Crippen LogP contribution >= 0.6 is 23.2 Å². The lowest BCUT2D eigenvalue weighted by atomic mass is 10.0. The van der Waals surface area contributed by atoms with Crippen molar-refractivity contribution in [3.8, 4) is 0 Å². The number of benzene rings is 1. The van der Waals surface area contributed by atoms with Gasteiger partial charge in [0.2, 0.25) is 0 Å². The van der Waals surface area contributed by atoms with Crippen molar-refractivity contribution in [2.75, 3.05) is 11.6 Å². The first-order chi connectivity index (χ1) is 11.6. The van der Waals surface area contributed by atoms with Crippen LogP contribution in [0.1, 0.15) is 18.5 Å². The van der Waals surface area contributed by atoms with Crippen molar-refractivity contribution in [2.24, 2.45) is 0 Å². The molecule has 2 aliphatic rings. The maximum absolute atomic E-state index is 6.24. The number of anilines is 1. The first kappa shape index (κ1) is 15.4. The van der Waals surface area contributed by atoms with E-state index in [1.807, 2.05) is 30.5 Å². The Labute approximate surface area is 151 Å². The van der Waals surface area contributed by atoms with Crippen LogP contribution in [0, 0.1) is 0 Å². The highest BCUT2D eigenvalue weighted by atomic mass is 35.5. The van der Waals surface area contributed by atoms with Gasteiger partial charge in [-0.2, -0.15) is 0 Å². The van der Waals surface area contributed by atoms with E-state index in [0.717, 1.165) is 29.3 Å². The number of hydrazine groups is 1. The Morgan fingerprint density at radius 2 is 2.08 bits per heavy atom. The number of rotatable bonds is 2. The largest absolute Gasteiger partial charge is 0.345 e. The molecule has 0 saturated heterocycles. The number of fused-ring (bicyclic) bond motifs is 1. The van der Waals surface area contributed by atoms with Gasteiger partial charge >= 0.3 is 0 Å². The second-order valence-corrected chi connectivity index (χ2v) is 6.63. The summed E-state index contributed by atoms with van der Waals surface area (Å²) in [7, 11) is 0. The lowest BCUT2D eigenvalue weighted by Crippen LogP contribution is -2.45. The van der Waals surface area contributed by atoms with Gasteiger partial charge in [0, 0.05) is 11.9 Å². The molecule has 0 aliphatic carbocycles. The molecular weight excluding hydrogens is 343 g/mol. The first-order valence-corrected chi connectivity index (χ1v) is 8.46. The third-order valence-electron chi connectivity index (χ3n) is 4.19. The fourth-order valence-corrected chi connectivity index (χ4v) is 3.42. The lowest BCUT2D eigenvalue weighted by molar-refractivity contribution is 0.269. The summed E-state index contributed by atoms with van der Waals surface area (Å²) < 4.78 is 0. The van der Waals surface area contributed by atoms with E-state index in [1.165, 1.54) is 0 Å². The molecule has 0 spiro atoms. The van der Waals surface area contributed by atoms with E-state index in [9.17, 15) is 0 Å². The minimum Gasteiger partial charge on any atom is -0.345 e. The van der Waals surface area contributed by atoms with Gasteiger partial charge in [0.1, 0.15) is 5.82 Å². The van der Waals surface area contributed by atoms with Crippen LogP contribution in [0.3, 0.4) is 0 Å². The number of pyridine rings is 1. The molecule has 1 N–H and O–H groups in total. The first-order valence-electron chi connectivity index (χ1n) is 7.71. The third kappa shape index (κ3) is 2.62. The zero-order chi connectivity index (χ0) is 16.7. The van der Waals surface area contributed by atoms with Crippen molar-refractivity contribution < 1.29 is 0 Å². The van der Waals surface area contributed by atoms with Crippen LogP contribution in [-0.2, 0) is 0 Å². The Balaban J connectivity index is 1.77. The van der Waals surface area contributed by atoms with Gasteiger partial charge in [-0.1, -0.05) is 29.3 Å². The lowest BCUT2D eigenvalue weighted by Gasteiger charge is -2.41. The van der Waals surface area contributed by atoms with Crippen LogP contribution in [0.4, 0.5) is 5.69 Å². The van der Waals surface area contributed by atoms with Crippen molar-refractivity contribution in [2.45, 2.75) is 13.0 Å². The van der Waals surface area contributed by atoms with Gasteiger partial charge in [0.05, 0.1) is 34.5 Å². The second kappa shape index (κ2) is 6.04. The number of hydrogen-bond donors (Lipinski definition) is 1. The van der Waals surface area contributed by atoms with Crippen molar-refractivity contribution in [3.05, 3.63) is 82.0 Å². The summed E-state index contributed by atoms with van der Waals surface area (Å²) in [5, 5.41) is 8.99. The van der Waals surface area contributed by atoms with Crippen LogP contribution in [0.2, 0.25) is 10.0 Å². The van der Waals surface area contributed by atoms with E-state index in [2.05, 4.69) is 45.5 Å². The summed E-state index contributed by atoms with van der Waals surface area (Å²) in [5.74, 6) is 1.06. The molecule has 1 atom stereocenters. The molecule has 0 radical (unpaired) electrons.